The molecule has 21 heavy (non-hydrogen) atoms. The van der Waals surface area contributed by atoms with Crippen LogP contribution in [0.15, 0.2) is 0 Å². The molecule has 0 aliphatic carbocycles. The minimum atomic E-state index is 0.157. The molecule has 120 valence electrons. The summed E-state index contributed by atoms with van der Waals surface area (Å²) < 4.78 is 11.2. The normalized spacial score (nSPS) is 29.0. The van der Waals surface area contributed by atoms with Crippen LogP contribution in [0.25, 0.3) is 0 Å². The highest BCUT2D eigenvalue weighted by molar-refractivity contribution is 5.77. The summed E-state index contributed by atoms with van der Waals surface area (Å²) >= 11 is 0. The molecule has 0 aromatic rings. The van der Waals surface area contributed by atoms with Gasteiger partial charge >= 0.3 is 0 Å². The van der Waals surface area contributed by atoms with Crippen LogP contribution in [-0.4, -0.2) is 86.9 Å². The van der Waals surface area contributed by atoms with E-state index in [1.54, 1.807) is 0 Å². The number of nitrogens with one attached hydrogen (secondary N) is 1. The Kier molecular flexibility index (Phi) is 5.46. The molecule has 0 spiro atoms. The van der Waals surface area contributed by atoms with E-state index in [1.807, 2.05) is 4.90 Å². The second-order valence-corrected chi connectivity index (χ2v) is 6.19. The maximum Gasteiger partial charge on any atom is 0.248 e. The van der Waals surface area contributed by atoms with Crippen LogP contribution in [-0.2, 0) is 14.3 Å². The van der Waals surface area contributed by atoms with Crippen molar-refractivity contribution >= 4 is 5.91 Å². The lowest BCUT2D eigenvalue weighted by molar-refractivity contribution is -0.137. The Balaban J connectivity index is 1.39. The maximum absolute atomic E-state index is 12.3. The van der Waals surface area contributed by atoms with Crippen molar-refractivity contribution in [2.24, 2.45) is 0 Å². The first-order valence-electron chi connectivity index (χ1n) is 8.25. The molecular weight excluding hydrogens is 270 g/mol. The van der Waals surface area contributed by atoms with Crippen LogP contribution in [0.4, 0.5) is 0 Å². The van der Waals surface area contributed by atoms with Gasteiger partial charge in [-0.15, -0.1) is 0 Å². The van der Waals surface area contributed by atoms with E-state index < -0.39 is 0 Å². The van der Waals surface area contributed by atoms with E-state index in [0.717, 1.165) is 71.7 Å². The van der Waals surface area contributed by atoms with Crippen molar-refractivity contribution in [3.05, 3.63) is 0 Å². The molecule has 3 rings (SSSR count). The molecule has 0 radical (unpaired) electrons. The minimum absolute atomic E-state index is 0.157. The molecule has 1 N–H and O–H groups in total. The summed E-state index contributed by atoms with van der Waals surface area (Å²) in [6, 6.07) is 0.511. The van der Waals surface area contributed by atoms with Gasteiger partial charge in [0.1, 0.15) is 6.61 Å². The number of hydrogen-bond donors (Lipinski definition) is 1. The summed E-state index contributed by atoms with van der Waals surface area (Å²) in [6.45, 7) is 7.62. The molecule has 6 heteroatoms. The second-order valence-electron chi connectivity index (χ2n) is 6.19. The SMILES string of the molecule is O=C(COC1CCNCC1)N1CCC(N2CCOCC2)C1. The number of hydrogen-bond acceptors (Lipinski definition) is 5. The Morgan fingerprint density at radius 2 is 1.90 bits per heavy atom. The number of morpholine rings is 1. The number of rotatable bonds is 4. The van der Waals surface area contributed by atoms with Gasteiger partial charge in [0.15, 0.2) is 0 Å². The van der Waals surface area contributed by atoms with E-state index in [-0.39, 0.29) is 18.6 Å². The molecule has 3 saturated heterocycles. The highest BCUT2D eigenvalue weighted by Crippen LogP contribution is 2.17. The summed E-state index contributed by atoms with van der Waals surface area (Å²) in [6.07, 6.45) is 3.37. The lowest BCUT2D eigenvalue weighted by Gasteiger charge is -2.32. The summed E-state index contributed by atoms with van der Waals surface area (Å²) in [5, 5.41) is 3.31. The van der Waals surface area contributed by atoms with Gasteiger partial charge < -0.3 is 19.7 Å². The zero-order valence-corrected chi connectivity index (χ0v) is 12.8. The predicted octanol–water partition coefficient (Wildman–Crippen LogP) is -0.312. The number of likely N-dealkylation sites (tertiary alicyclic amines) is 1. The molecule has 1 atom stereocenters. The van der Waals surface area contributed by atoms with Crippen molar-refractivity contribution in [1.82, 2.24) is 15.1 Å². The Morgan fingerprint density at radius 1 is 1.14 bits per heavy atom. The molecule has 0 bridgehead atoms. The molecule has 3 aliphatic rings. The summed E-state index contributed by atoms with van der Waals surface area (Å²) in [5.41, 5.74) is 0. The maximum atomic E-state index is 12.3. The molecule has 1 unspecified atom stereocenters. The van der Waals surface area contributed by atoms with Crippen LogP contribution in [0.5, 0.6) is 0 Å². The fraction of sp³-hybridized carbons (Fsp3) is 0.933. The van der Waals surface area contributed by atoms with Gasteiger partial charge in [-0.2, -0.15) is 0 Å². The van der Waals surface area contributed by atoms with E-state index in [2.05, 4.69) is 10.2 Å². The largest absolute Gasteiger partial charge is 0.379 e. The van der Waals surface area contributed by atoms with Crippen LogP contribution in [0.2, 0.25) is 0 Å². The monoisotopic (exact) mass is 297 g/mol. The smallest absolute Gasteiger partial charge is 0.248 e. The number of nitrogens with zero attached hydrogens (tertiary/aromatic N) is 2. The minimum Gasteiger partial charge on any atom is -0.379 e. The van der Waals surface area contributed by atoms with Crippen LogP contribution in [0.3, 0.4) is 0 Å². The Labute approximate surface area is 126 Å². The van der Waals surface area contributed by atoms with Gasteiger partial charge in [0.25, 0.3) is 0 Å². The Morgan fingerprint density at radius 3 is 2.67 bits per heavy atom. The molecule has 0 aromatic heterocycles. The fourth-order valence-corrected chi connectivity index (χ4v) is 3.45. The Bertz CT molecular complexity index is 341. The number of piperidine rings is 1. The first kappa shape index (κ1) is 15.2. The third kappa shape index (κ3) is 4.16. The molecule has 3 heterocycles. The van der Waals surface area contributed by atoms with Crippen molar-refractivity contribution in [2.75, 3.05) is 59.1 Å². The lowest BCUT2D eigenvalue weighted by atomic mass is 10.1. The van der Waals surface area contributed by atoms with Crippen molar-refractivity contribution in [3.63, 3.8) is 0 Å². The molecular formula is C15H27N3O3. The topological polar surface area (TPSA) is 54.0 Å². The number of ether oxygens (including phenoxy) is 2. The average molecular weight is 297 g/mol. The highest BCUT2D eigenvalue weighted by Gasteiger charge is 2.31. The molecule has 3 fully saturated rings. The van der Waals surface area contributed by atoms with Crippen LogP contribution in [0.1, 0.15) is 19.3 Å². The zero-order valence-electron chi connectivity index (χ0n) is 12.8. The second kappa shape index (κ2) is 7.54. The van der Waals surface area contributed by atoms with Gasteiger partial charge in [-0.3, -0.25) is 9.69 Å². The van der Waals surface area contributed by atoms with Crippen LogP contribution in [0, 0.1) is 0 Å². The third-order valence-corrected chi connectivity index (χ3v) is 4.81. The third-order valence-electron chi connectivity index (χ3n) is 4.81. The summed E-state index contributed by atoms with van der Waals surface area (Å²) in [7, 11) is 0. The molecule has 6 nitrogen and oxygen atoms in total. The first-order valence-corrected chi connectivity index (χ1v) is 8.25. The number of amides is 1. The van der Waals surface area contributed by atoms with Crippen molar-refractivity contribution in [3.8, 4) is 0 Å². The Hall–Kier alpha value is -0.690. The number of carbonyl (C=O) groups is 1. The van der Waals surface area contributed by atoms with E-state index in [9.17, 15) is 4.79 Å². The quantitative estimate of drug-likeness (QED) is 0.771. The average Bonchev–Trinajstić information content (AvgIpc) is 3.04. The molecule has 0 saturated carbocycles. The van der Waals surface area contributed by atoms with E-state index in [0.29, 0.717) is 6.04 Å². The van der Waals surface area contributed by atoms with Gasteiger partial charge in [-0.05, 0) is 32.4 Å². The van der Waals surface area contributed by atoms with Gasteiger partial charge in [-0.25, -0.2) is 0 Å². The van der Waals surface area contributed by atoms with E-state index in [4.69, 9.17) is 9.47 Å². The predicted molar refractivity (Wildman–Crippen MR) is 79.2 cm³/mol. The lowest BCUT2D eigenvalue weighted by Crippen LogP contribution is -2.45. The van der Waals surface area contributed by atoms with Gasteiger partial charge in [-0.1, -0.05) is 0 Å². The molecule has 0 aromatic carbocycles. The summed E-state index contributed by atoms with van der Waals surface area (Å²) in [5.74, 6) is 0.157. The molecule has 3 aliphatic heterocycles. The number of carbonyl (C=O) groups excluding carboxylic acids is 1. The van der Waals surface area contributed by atoms with Gasteiger partial charge in [0.2, 0.25) is 5.91 Å². The van der Waals surface area contributed by atoms with Gasteiger partial charge in [0, 0.05) is 32.2 Å². The van der Waals surface area contributed by atoms with Crippen LogP contribution < -0.4 is 5.32 Å². The summed E-state index contributed by atoms with van der Waals surface area (Å²) in [4.78, 5) is 16.7. The molecule has 1 amide bonds. The highest BCUT2D eigenvalue weighted by atomic mass is 16.5. The fourth-order valence-electron chi connectivity index (χ4n) is 3.45. The zero-order chi connectivity index (χ0) is 14.5. The standard InChI is InChI=1S/C15H27N3O3/c19-15(12-21-14-1-4-16-5-2-14)18-6-3-13(11-18)17-7-9-20-10-8-17/h13-14,16H,1-12H2. The van der Waals surface area contributed by atoms with Crippen molar-refractivity contribution in [1.29, 1.82) is 0 Å². The van der Waals surface area contributed by atoms with E-state index in [1.165, 1.54) is 0 Å². The van der Waals surface area contributed by atoms with E-state index >= 15 is 0 Å². The van der Waals surface area contributed by atoms with Gasteiger partial charge in [0.05, 0.1) is 19.3 Å². The van der Waals surface area contributed by atoms with Crippen molar-refractivity contribution < 1.29 is 14.3 Å². The van der Waals surface area contributed by atoms with Crippen molar-refractivity contribution in [2.45, 2.75) is 31.4 Å². The first-order chi connectivity index (χ1) is 10.3. The van der Waals surface area contributed by atoms with Crippen LogP contribution >= 0.6 is 0 Å².